The van der Waals surface area contributed by atoms with E-state index in [1.165, 1.54) is 18.4 Å². The fourth-order valence-corrected chi connectivity index (χ4v) is 2.41. The molecule has 0 bridgehead atoms. The van der Waals surface area contributed by atoms with Crippen LogP contribution in [0.15, 0.2) is 28.7 Å². The second kappa shape index (κ2) is 5.51. The number of benzene rings is 1. The quantitative estimate of drug-likeness (QED) is 0.919. The molecule has 1 heterocycles. The summed E-state index contributed by atoms with van der Waals surface area (Å²) < 4.78 is 6.75. The Morgan fingerprint density at radius 2 is 2.06 bits per heavy atom. The van der Waals surface area contributed by atoms with Crippen LogP contribution in [0.25, 0.3) is 0 Å². The highest BCUT2D eigenvalue weighted by Gasteiger charge is 2.23. The van der Waals surface area contributed by atoms with Crippen molar-refractivity contribution in [3.8, 4) is 0 Å². The van der Waals surface area contributed by atoms with Gasteiger partial charge in [-0.15, -0.1) is 0 Å². The molecule has 1 N–H and O–H groups in total. The highest BCUT2D eigenvalue weighted by atomic mass is 79.9. The minimum absolute atomic E-state index is 0.00729. The van der Waals surface area contributed by atoms with Gasteiger partial charge in [-0.1, -0.05) is 28.1 Å². The summed E-state index contributed by atoms with van der Waals surface area (Å²) in [5.41, 5.74) is 1.30. The first-order chi connectivity index (χ1) is 8.08. The van der Waals surface area contributed by atoms with E-state index in [0.717, 1.165) is 17.6 Å². The van der Waals surface area contributed by atoms with Crippen LogP contribution in [0.4, 0.5) is 0 Å². The zero-order chi connectivity index (χ0) is 12.3. The third-order valence-electron chi connectivity index (χ3n) is 3.36. The van der Waals surface area contributed by atoms with Crippen LogP contribution in [0.1, 0.15) is 32.3 Å². The first kappa shape index (κ1) is 13.1. The second-order valence-electron chi connectivity index (χ2n) is 5.15. The van der Waals surface area contributed by atoms with Crippen LogP contribution in [0.3, 0.4) is 0 Å². The van der Waals surface area contributed by atoms with E-state index in [9.17, 15) is 0 Å². The molecule has 1 unspecified atom stereocenters. The van der Waals surface area contributed by atoms with Gasteiger partial charge in [-0.3, -0.25) is 0 Å². The summed E-state index contributed by atoms with van der Waals surface area (Å²) in [4.78, 5) is 0. The van der Waals surface area contributed by atoms with Crippen LogP contribution in [0, 0.1) is 0 Å². The number of ether oxygens (including phenoxy) is 1. The van der Waals surface area contributed by atoms with E-state index in [1.54, 1.807) is 0 Å². The molecule has 1 fully saturated rings. The molecule has 0 saturated carbocycles. The molecule has 0 spiro atoms. The normalized spacial score (nSPS) is 20.8. The molecule has 0 amide bonds. The van der Waals surface area contributed by atoms with E-state index < -0.39 is 0 Å². The van der Waals surface area contributed by atoms with Crippen molar-refractivity contribution < 1.29 is 4.74 Å². The molecule has 0 aromatic heterocycles. The van der Waals surface area contributed by atoms with E-state index in [-0.39, 0.29) is 5.54 Å². The Labute approximate surface area is 112 Å². The van der Waals surface area contributed by atoms with Crippen molar-refractivity contribution in [1.29, 1.82) is 0 Å². The number of rotatable bonds is 4. The molecular formula is C14H20BrNO. The Morgan fingerprint density at radius 3 is 2.65 bits per heavy atom. The molecule has 0 radical (unpaired) electrons. The van der Waals surface area contributed by atoms with Crippen LogP contribution in [0.5, 0.6) is 0 Å². The van der Waals surface area contributed by atoms with Gasteiger partial charge in [0.15, 0.2) is 0 Å². The zero-order valence-electron chi connectivity index (χ0n) is 10.5. The van der Waals surface area contributed by atoms with Crippen molar-refractivity contribution in [3.63, 3.8) is 0 Å². The van der Waals surface area contributed by atoms with E-state index in [1.807, 2.05) is 0 Å². The van der Waals surface area contributed by atoms with E-state index in [0.29, 0.717) is 6.10 Å². The largest absolute Gasteiger partial charge is 0.377 e. The lowest BCUT2D eigenvalue weighted by atomic mass is 9.94. The summed E-state index contributed by atoms with van der Waals surface area (Å²) in [7, 11) is 0. The van der Waals surface area contributed by atoms with Crippen molar-refractivity contribution in [3.05, 3.63) is 34.3 Å². The van der Waals surface area contributed by atoms with E-state index >= 15 is 0 Å². The Balaban J connectivity index is 1.94. The summed E-state index contributed by atoms with van der Waals surface area (Å²) in [6.07, 6.45) is 2.78. The van der Waals surface area contributed by atoms with Crippen molar-refractivity contribution >= 4 is 15.9 Å². The lowest BCUT2D eigenvalue weighted by molar-refractivity contribution is 0.103. The number of hydrogen-bond acceptors (Lipinski definition) is 2. The van der Waals surface area contributed by atoms with Crippen molar-refractivity contribution in [1.82, 2.24) is 5.32 Å². The lowest BCUT2D eigenvalue weighted by Crippen LogP contribution is -2.41. The standard InChI is InChI=1S/C14H20BrNO/c1-14(2,11-5-7-12(15)8-6-11)16-10-13-4-3-9-17-13/h5-8,13,16H,3-4,9-10H2,1-2H3. The van der Waals surface area contributed by atoms with Gasteiger partial charge in [0.05, 0.1) is 6.10 Å². The topological polar surface area (TPSA) is 21.3 Å². The summed E-state index contributed by atoms with van der Waals surface area (Å²) in [5.74, 6) is 0. The van der Waals surface area contributed by atoms with Gasteiger partial charge in [-0.2, -0.15) is 0 Å². The van der Waals surface area contributed by atoms with Gasteiger partial charge in [0.1, 0.15) is 0 Å². The second-order valence-corrected chi connectivity index (χ2v) is 6.06. The average molecular weight is 298 g/mol. The number of nitrogens with one attached hydrogen (secondary N) is 1. The van der Waals surface area contributed by atoms with E-state index in [2.05, 4.69) is 59.4 Å². The van der Waals surface area contributed by atoms with Crippen molar-refractivity contribution in [2.24, 2.45) is 0 Å². The van der Waals surface area contributed by atoms with Crippen LogP contribution in [-0.2, 0) is 10.3 Å². The molecule has 1 aliphatic rings. The van der Waals surface area contributed by atoms with Gasteiger partial charge >= 0.3 is 0 Å². The first-order valence-corrected chi connectivity index (χ1v) is 7.00. The monoisotopic (exact) mass is 297 g/mol. The van der Waals surface area contributed by atoms with Gasteiger partial charge < -0.3 is 10.1 Å². The van der Waals surface area contributed by atoms with Gasteiger partial charge in [-0.05, 0) is 44.4 Å². The minimum Gasteiger partial charge on any atom is -0.377 e. The summed E-state index contributed by atoms with van der Waals surface area (Å²) in [5, 5.41) is 3.60. The molecule has 1 saturated heterocycles. The predicted octanol–water partition coefficient (Wildman–Crippen LogP) is 3.45. The molecule has 0 aliphatic carbocycles. The maximum Gasteiger partial charge on any atom is 0.0700 e. The smallest absolute Gasteiger partial charge is 0.0700 e. The molecule has 2 nitrogen and oxygen atoms in total. The molecule has 3 heteroatoms. The third-order valence-corrected chi connectivity index (χ3v) is 3.89. The van der Waals surface area contributed by atoms with Crippen LogP contribution in [0.2, 0.25) is 0 Å². The maximum atomic E-state index is 5.63. The molecule has 1 aliphatic heterocycles. The Hall–Kier alpha value is -0.380. The Morgan fingerprint density at radius 1 is 1.35 bits per heavy atom. The number of halogens is 1. The van der Waals surface area contributed by atoms with Gasteiger partial charge in [0.2, 0.25) is 0 Å². The molecule has 2 rings (SSSR count). The Bertz CT molecular complexity index is 355. The third kappa shape index (κ3) is 3.54. The average Bonchev–Trinajstić information content (AvgIpc) is 2.80. The molecule has 94 valence electrons. The van der Waals surface area contributed by atoms with Crippen molar-refractivity contribution in [2.45, 2.75) is 38.3 Å². The highest BCUT2D eigenvalue weighted by Crippen LogP contribution is 2.23. The molecule has 17 heavy (non-hydrogen) atoms. The summed E-state index contributed by atoms with van der Waals surface area (Å²) in [6.45, 7) is 6.28. The van der Waals surface area contributed by atoms with Crippen LogP contribution < -0.4 is 5.32 Å². The van der Waals surface area contributed by atoms with E-state index in [4.69, 9.17) is 4.74 Å². The molecule has 1 aromatic rings. The fraction of sp³-hybridized carbons (Fsp3) is 0.571. The molecular weight excluding hydrogens is 278 g/mol. The maximum absolute atomic E-state index is 5.63. The van der Waals surface area contributed by atoms with Crippen LogP contribution in [-0.4, -0.2) is 19.3 Å². The Kier molecular flexibility index (Phi) is 4.23. The SMILES string of the molecule is CC(C)(NCC1CCCO1)c1ccc(Br)cc1. The lowest BCUT2D eigenvalue weighted by Gasteiger charge is -2.28. The highest BCUT2D eigenvalue weighted by molar-refractivity contribution is 9.10. The summed E-state index contributed by atoms with van der Waals surface area (Å²) in [6, 6.07) is 8.49. The first-order valence-electron chi connectivity index (χ1n) is 6.20. The molecule has 1 aromatic carbocycles. The zero-order valence-corrected chi connectivity index (χ0v) is 12.1. The predicted molar refractivity (Wildman–Crippen MR) is 74.1 cm³/mol. The fourth-order valence-electron chi connectivity index (χ4n) is 2.14. The van der Waals surface area contributed by atoms with Gasteiger partial charge in [0, 0.05) is 23.2 Å². The van der Waals surface area contributed by atoms with Gasteiger partial charge in [-0.25, -0.2) is 0 Å². The van der Waals surface area contributed by atoms with Gasteiger partial charge in [0.25, 0.3) is 0 Å². The van der Waals surface area contributed by atoms with Crippen LogP contribution >= 0.6 is 15.9 Å². The minimum atomic E-state index is -0.00729. The summed E-state index contributed by atoms with van der Waals surface area (Å²) >= 11 is 3.46. The number of hydrogen-bond donors (Lipinski definition) is 1. The van der Waals surface area contributed by atoms with Crippen molar-refractivity contribution in [2.75, 3.05) is 13.2 Å². The molecule has 1 atom stereocenters.